The van der Waals surface area contributed by atoms with E-state index < -0.39 is 0 Å². The van der Waals surface area contributed by atoms with E-state index in [4.69, 9.17) is 4.74 Å². The summed E-state index contributed by atoms with van der Waals surface area (Å²) in [5.41, 5.74) is 4.18. The lowest BCUT2D eigenvalue weighted by molar-refractivity contribution is -0.121. The van der Waals surface area contributed by atoms with Crippen LogP contribution in [0.15, 0.2) is 66.7 Å². The van der Waals surface area contributed by atoms with E-state index in [0.717, 1.165) is 42.8 Å². The highest BCUT2D eigenvalue weighted by atomic mass is 16.5. The molecule has 1 fully saturated rings. The predicted octanol–water partition coefficient (Wildman–Crippen LogP) is 4.34. The van der Waals surface area contributed by atoms with Gasteiger partial charge in [-0.05, 0) is 36.8 Å². The molecule has 0 aliphatic heterocycles. The molecule has 5 nitrogen and oxygen atoms in total. The van der Waals surface area contributed by atoms with Crippen LogP contribution in [0.2, 0.25) is 0 Å². The Morgan fingerprint density at radius 3 is 2.52 bits per heavy atom. The van der Waals surface area contributed by atoms with Gasteiger partial charge in [-0.15, -0.1) is 0 Å². The molecule has 1 aromatic heterocycles. The minimum Gasteiger partial charge on any atom is -0.385 e. The summed E-state index contributed by atoms with van der Waals surface area (Å²) in [6.07, 6.45) is 3.45. The number of hydrogen-bond acceptors (Lipinski definition) is 3. The van der Waals surface area contributed by atoms with Crippen molar-refractivity contribution >= 4 is 5.91 Å². The number of aryl methyl sites for hydroxylation is 1. The maximum atomic E-state index is 13.0. The van der Waals surface area contributed by atoms with Crippen LogP contribution in [-0.2, 0) is 23.0 Å². The molecule has 31 heavy (non-hydrogen) atoms. The number of methoxy groups -OCH3 is 1. The molecular formula is C26H31N3O2. The van der Waals surface area contributed by atoms with Crippen LogP contribution in [0, 0.1) is 5.92 Å². The van der Waals surface area contributed by atoms with Crippen LogP contribution >= 0.6 is 0 Å². The van der Waals surface area contributed by atoms with Crippen LogP contribution in [0.4, 0.5) is 0 Å². The second kappa shape index (κ2) is 9.92. The Bertz CT molecular complexity index is 984. The number of aromatic nitrogens is 2. The molecule has 4 rings (SSSR count). The molecule has 1 heterocycles. The van der Waals surface area contributed by atoms with E-state index in [1.54, 1.807) is 7.11 Å². The molecular weight excluding hydrogens is 386 g/mol. The molecule has 1 N–H and O–H groups in total. The lowest BCUT2D eigenvalue weighted by Gasteiger charge is -2.21. The SMILES string of the molecule is COCCC1C[C@@H](NC(=O)Cc2cc(-c3ccccc3)nn2C)[C@H](c2ccccc2)C1. The standard InChI is InChI=1S/C26H31N3O2/c1-29-22(17-24(28-29)21-11-7-4-8-12-21)18-26(30)27-25-16-19(13-14-31-2)15-23(25)20-9-5-3-6-10-20/h3-12,17,19,23,25H,13-16,18H2,1-2H3,(H,27,30)/t19?,23-,25+/m0/s1. The Hall–Kier alpha value is -2.92. The lowest BCUT2D eigenvalue weighted by atomic mass is 9.93. The number of nitrogens with zero attached hydrogens (tertiary/aromatic N) is 2. The molecule has 0 saturated heterocycles. The van der Waals surface area contributed by atoms with Crippen LogP contribution in [0.5, 0.6) is 0 Å². The fourth-order valence-corrected chi connectivity index (χ4v) is 4.74. The second-order valence-electron chi connectivity index (χ2n) is 8.50. The van der Waals surface area contributed by atoms with Crippen LogP contribution in [0.3, 0.4) is 0 Å². The summed E-state index contributed by atoms with van der Waals surface area (Å²) < 4.78 is 7.11. The second-order valence-corrected chi connectivity index (χ2v) is 8.50. The van der Waals surface area contributed by atoms with Gasteiger partial charge in [0.15, 0.2) is 0 Å². The monoisotopic (exact) mass is 417 g/mol. The molecule has 3 atom stereocenters. The number of rotatable bonds is 8. The largest absolute Gasteiger partial charge is 0.385 e. The van der Waals surface area contributed by atoms with E-state index in [-0.39, 0.29) is 11.9 Å². The summed E-state index contributed by atoms with van der Waals surface area (Å²) in [7, 11) is 3.65. The fourth-order valence-electron chi connectivity index (χ4n) is 4.74. The highest BCUT2D eigenvalue weighted by Gasteiger charge is 2.35. The molecule has 2 aromatic carbocycles. The maximum absolute atomic E-state index is 13.0. The Balaban J connectivity index is 1.44. The molecule has 5 heteroatoms. The lowest BCUT2D eigenvalue weighted by Crippen LogP contribution is -2.37. The van der Waals surface area contributed by atoms with E-state index in [1.165, 1.54) is 5.56 Å². The van der Waals surface area contributed by atoms with Crippen LogP contribution in [0.25, 0.3) is 11.3 Å². The van der Waals surface area contributed by atoms with Crippen molar-refractivity contribution in [2.45, 2.75) is 37.6 Å². The molecule has 1 aliphatic carbocycles. The molecule has 1 amide bonds. The first-order valence-corrected chi connectivity index (χ1v) is 11.1. The first-order valence-electron chi connectivity index (χ1n) is 11.1. The zero-order valence-corrected chi connectivity index (χ0v) is 18.3. The van der Waals surface area contributed by atoms with E-state index in [2.05, 4.69) is 34.7 Å². The van der Waals surface area contributed by atoms with Crippen molar-refractivity contribution in [2.24, 2.45) is 13.0 Å². The number of hydrogen-bond donors (Lipinski definition) is 1. The third kappa shape index (κ3) is 5.23. The van der Waals surface area contributed by atoms with Gasteiger partial charge in [-0.1, -0.05) is 60.7 Å². The smallest absolute Gasteiger partial charge is 0.226 e. The van der Waals surface area contributed by atoms with Crippen molar-refractivity contribution in [1.29, 1.82) is 0 Å². The van der Waals surface area contributed by atoms with Crippen molar-refractivity contribution in [3.05, 3.63) is 78.0 Å². The van der Waals surface area contributed by atoms with Crippen LogP contribution in [-0.4, -0.2) is 35.4 Å². The van der Waals surface area contributed by atoms with Gasteiger partial charge < -0.3 is 10.1 Å². The number of carbonyl (C=O) groups excluding carboxylic acids is 1. The summed E-state index contributed by atoms with van der Waals surface area (Å²) in [5.74, 6) is 0.969. The number of ether oxygens (including phenoxy) is 1. The molecule has 0 spiro atoms. The predicted molar refractivity (Wildman–Crippen MR) is 123 cm³/mol. The van der Waals surface area contributed by atoms with E-state index in [1.807, 2.05) is 54.2 Å². The molecule has 162 valence electrons. The molecule has 1 aliphatic rings. The topological polar surface area (TPSA) is 56.1 Å². The van der Waals surface area contributed by atoms with Crippen molar-refractivity contribution in [1.82, 2.24) is 15.1 Å². The quantitative estimate of drug-likeness (QED) is 0.593. The minimum atomic E-state index is 0.0564. The molecule has 1 unspecified atom stereocenters. The van der Waals surface area contributed by atoms with Crippen LogP contribution in [0.1, 0.15) is 36.4 Å². The number of benzene rings is 2. The van der Waals surface area contributed by atoms with Crippen molar-refractivity contribution in [2.75, 3.05) is 13.7 Å². The van der Waals surface area contributed by atoms with Gasteiger partial charge in [0.25, 0.3) is 0 Å². The van der Waals surface area contributed by atoms with Gasteiger partial charge in [-0.25, -0.2) is 0 Å². The van der Waals surface area contributed by atoms with Gasteiger partial charge in [-0.2, -0.15) is 5.10 Å². The van der Waals surface area contributed by atoms with E-state index in [9.17, 15) is 4.79 Å². The molecule has 0 radical (unpaired) electrons. The summed E-state index contributed by atoms with van der Waals surface area (Å²) in [4.78, 5) is 13.0. The number of amides is 1. The van der Waals surface area contributed by atoms with Crippen molar-refractivity contribution in [3.63, 3.8) is 0 Å². The zero-order valence-electron chi connectivity index (χ0n) is 18.3. The third-order valence-electron chi connectivity index (χ3n) is 6.35. The van der Waals surface area contributed by atoms with Gasteiger partial charge in [-0.3, -0.25) is 9.48 Å². The highest BCUT2D eigenvalue weighted by Crippen LogP contribution is 2.40. The van der Waals surface area contributed by atoms with E-state index in [0.29, 0.717) is 18.3 Å². The summed E-state index contributed by atoms with van der Waals surface area (Å²) in [5, 5.41) is 7.93. The normalized spacial score (nSPS) is 20.6. The van der Waals surface area contributed by atoms with Crippen molar-refractivity contribution < 1.29 is 9.53 Å². The molecule has 0 bridgehead atoms. The molecule has 3 aromatic rings. The average molecular weight is 418 g/mol. The average Bonchev–Trinajstić information content (AvgIpc) is 3.36. The Morgan fingerprint density at radius 2 is 1.81 bits per heavy atom. The first kappa shape index (κ1) is 21.3. The molecule has 1 saturated carbocycles. The Labute approximate surface area is 184 Å². The summed E-state index contributed by atoms with van der Waals surface area (Å²) in [6, 6.07) is 22.8. The summed E-state index contributed by atoms with van der Waals surface area (Å²) in [6.45, 7) is 0.768. The van der Waals surface area contributed by atoms with Gasteiger partial charge in [0, 0.05) is 44.0 Å². The maximum Gasteiger partial charge on any atom is 0.226 e. The van der Waals surface area contributed by atoms with E-state index >= 15 is 0 Å². The zero-order chi connectivity index (χ0) is 21.6. The van der Waals surface area contributed by atoms with Gasteiger partial charge in [0.05, 0.1) is 12.1 Å². The van der Waals surface area contributed by atoms with Gasteiger partial charge in [0.2, 0.25) is 5.91 Å². The van der Waals surface area contributed by atoms with Gasteiger partial charge >= 0.3 is 0 Å². The Morgan fingerprint density at radius 1 is 1.10 bits per heavy atom. The third-order valence-corrected chi connectivity index (χ3v) is 6.35. The minimum absolute atomic E-state index is 0.0564. The van der Waals surface area contributed by atoms with Crippen molar-refractivity contribution in [3.8, 4) is 11.3 Å². The number of carbonyl (C=O) groups is 1. The Kier molecular flexibility index (Phi) is 6.82. The highest BCUT2D eigenvalue weighted by molar-refractivity contribution is 5.79. The first-order chi connectivity index (χ1) is 15.1. The van der Waals surface area contributed by atoms with Crippen LogP contribution < -0.4 is 5.32 Å². The van der Waals surface area contributed by atoms with Gasteiger partial charge in [0.1, 0.15) is 0 Å². The summed E-state index contributed by atoms with van der Waals surface area (Å²) >= 11 is 0. The fraction of sp³-hybridized carbons (Fsp3) is 0.385. The number of nitrogens with one attached hydrogen (secondary N) is 1.